The maximum Gasteiger partial charge on any atom is 0.327 e. The molecule has 3 rings (SSSR count). The number of esters is 1. The maximum absolute atomic E-state index is 11.4. The number of anilines is 1. The minimum atomic E-state index is -0.378. The van der Waals surface area contributed by atoms with Crippen molar-refractivity contribution in [2.45, 2.75) is 13.1 Å². The van der Waals surface area contributed by atoms with Crippen LogP contribution >= 0.6 is 0 Å². The fourth-order valence-electron chi connectivity index (χ4n) is 2.06. The number of hydrogen-bond donors (Lipinski definition) is 1. The third kappa shape index (κ3) is 2.87. The normalized spacial score (nSPS) is 10.8. The summed E-state index contributed by atoms with van der Waals surface area (Å²) in [4.78, 5) is 19.7. The Morgan fingerprint density at radius 1 is 1.36 bits per heavy atom. The third-order valence-electron chi connectivity index (χ3n) is 3.13. The molecule has 3 aromatic rings. The molecule has 0 bridgehead atoms. The van der Waals surface area contributed by atoms with Crippen LogP contribution in [0.15, 0.2) is 31.0 Å². The summed E-state index contributed by atoms with van der Waals surface area (Å²) in [5.74, 6) is 0.296. The summed E-state index contributed by atoms with van der Waals surface area (Å²) in [7, 11) is 1.34. The Morgan fingerprint density at radius 3 is 3.05 bits per heavy atom. The number of hydrogen-bond acceptors (Lipinski definition) is 7. The first-order valence-corrected chi connectivity index (χ1v) is 6.72. The Bertz CT molecular complexity index is 766. The molecule has 0 unspecified atom stereocenters. The van der Waals surface area contributed by atoms with E-state index in [1.807, 2.05) is 16.9 Å². The van der Waals surface area contributed by atoms with E-state index in [1.165, 1.54) is 18.1 Å². The van der Waals surface area contributed by atoms with Gasteiger partial charge >= 0.3 is 5.97 Å². The molecule has 0 amide bonds. The van der Waals surface area contributed by atoms with Gasteiger partial charge in [0.1, 0.15) is 18.7 Å². The van der Waals surface area contributed by atoms with Crippen LogP contribution in [0.3, 0.4) is 0 Å². The molecule has 9 nitrogen and oxygen atoms in total. The van der Waals surface area contributed by atoms with Crippen LogP contribution in [0.25, 0.3) is 11.0 Å². The van der Waals surface area contributed by atoms with Gasteiger partial charge in [-0.05, 0) is 6.07 Å². The summed E-state index contributed by atoms with van der Waals surface area (Å²) < 4.78 is 7.95. The molecule has 22 heavy (non-hydrogen) atoms. The summed E-state index contributed by atoms with van der Waals surface area (Å²) in [5, 5.41) is 12.3. The molecule has 0 aromatic carbocycles. The highest BCUT2D eigenvalue weighted by molar-refractivity contribution is 5.86. The molecule has 3 aromatic heterocycles. The number of fused-ring (bicyclic) bond motifs is 1. The molecular formula is C13H15N7O2. The molecule has 3 heterocycles. The minimum Gasteiger partial charge on any atom is -0.468 e. The van der Waals surface area contributed by atoms with Crippen molar-refractivity contribution in [3.63, 3.8) is 0 Å². The topological polar surface area (TPSA) is 99.8 Å². The lowest BCUT2D eigenvalue weighted by Crippen LogP contribution is -2.14. The minimum absolute atomic E-state index is 0.0176. The fourth-order valence-corrected chi connectivity index (χ4v) is 2.06. The van der Waals surface area contributed by atoms with E-state index in [9.17, 15) is 4.79 Å². The van der Waals surface area contributed by atoms with Gasteiger partial charge in [0.15, 0.2) is 5.65 Å². The van der Waals surface area contributed by atoms with Gasteiger partial charge in [0, 0.05) is 18.9 Å². The van der Waals surface area contributed by atoms with Gasteiger partial charge in [0.25, 0.3) is 0 Å². The number of ether oxygens (including phenoxy) is 1. The van der Waals surface area contributed by atoms with E-state index in [0.717, 1.165) is 11.9 Å². The highest BCUT2D eigenvalue weighted by atomic mass is 16.5. The number of aromatic nitrogens is 6. The molecule has 114 valence electrons. The van der Waals surface area contributed by atoms with E-state index in [4.69, 9.17) is 0 Å². The van der Waals surface area contributed by atoms with E-state index in [1.54, 1.807) is 12.4 Å². The number of methoxy groups -OCH3 is 1. The zero-order valence-corrected chi connectivity index (χ0v) is 12.0. The zero-order valence-electron chi connectivity index (χ0n) is 12.0. The van der Waals surface area contributed by atoms with E-state index in [-0.39, 0.29) is 12.5 Å². The van der Waals surface area contributed by atoms with Crippen LogP contribution in [-0.2, 0) is 22.6 Å². The zero-order chi connectivity index (χ0) is 15.4. The van der Waals surface area contributed by atoms with Crippen molar-refractivity contribution in [3.05, 3.63) is 31.0 Å². The molecule has 0 fully saturated rings. The van der Waals surface area contributed by atoms with Crippen LogP contribution in [-0.4, -0.2) is 49.2 Å². The number of carbonyl (C=O) groups excluding carboxylic acids is 1. The van der Waals surface area contributed by atoms with Crippen molar-refractivity contribution in [1.29, 1.82) is 0 Å². The number of carbonyl (C=O) groups is 1. The van der Waals surface area contributed by atoms with Gasteiger partial charge in [-0.3, -0.25) is 9.48 Å². The molecular weight excluding hydrogens is 286 g/mol. The first-order valence-electron chi connectivity index (χ1n) is 6.72. The van der Waals surface area contributed by atoms with Gasteiger partial charge < -0.3 is 10.1 Å². The lowest BCUT2D eigenvalue weighted by molar-refractivity contribution is -0.141. The molecule has 0 saturated heterocycles. The van der Waals surface area contributed by atoms with Crippen molar-refractivity contribution in [1.82, 2.24) is 29.5 Å². The monoisotopic (exact) mass is 301 g/mol. The molecule has 9 heteroatoms. The first-order chi connectivity index (χ1) is 10.8. The van der Waals surface area contributed by atoms with E-state index in [0.29, 0.717) is 18.0 Å². The summed E-state index contributed by atoms with van der Waals surface area (Å²) in [6.07, 6.45) is 6.70. The van der Waals surface area contributed by atoms with Gasteiger partial charge in [-0.2, -0.15) is 10.2 Å². The standard InChI is InChI=1S/C13H15N7O2/c1-22-11(21)8-20-13-10(7-18-20)12(15-9-16-13)14-4-6-19-5-2-3-17-19/h2-3,5,7,9H,4,6,8H2,1H3,(H,14,15,16). The lowest BCUT2D eigenvalue weighted by atomic mass is 10.4. The predicted octanol–water partition coefficient (Wildman–Crippen LogP) is 0.308. The SMILES string of the molecule is COC(=O)Cn1ncc2c(NCCn3cccn3)ncnc21. The summed E-state index contributed by atoms with van der Waals surface area (Å²) in [6.45, 7) is 1.40. The largest absolute Gasteiger partial charge is 0.468 e. The van der Waals surface area contributed by atoms with Crippen LogP contribution in [0.1, 0.15) is 0 Å². The first kappa shape index (κ1) is 14.0. The predicted molar refractivity (Wildman–Crippen MR) is 78.1 cm³/mol. The highest BCUT2D eigenvalue weighted by Crippen LogP contribution is 2.18. The van der Waals surface area contributed by atoms with E-state index in [2.05, 4.69) is 30.2 Å². The summed E-state index contributed by atoms with van der Waals surface area (Å²) in [6, 6.07) is 1.87. The second-order valence-corrected chi connectivity index (χ2v) is 4.53. The molecule has 0 radical (unpaired) electrons. The van der Waals surface area contributed by atoms with Crippen LogP contribution in [0.4, 0.5) is 5.82 Å². The highest BCUT2D eigenvalue weighted by Gasteiger charge is 2.12. The van der Waals surface area contributed by atoms with Crippen molar-refractivity contribution >= 4 is 22.8 Å². The maximum atomic E-state index is 11.4. The Morgan fingerprint density at radius 2 is 2.27 bits per heavy atom. The van der Waals surface area contributed by atoms with Crippen LogP contribution < -0.4 is 5.32 Å². The molecule has 1 N–H and O–H groups in total. The second-order valence-electron chi connectivity index (χ2n) is 4.53. The van der Waals surface area contributed by atoms with Crippen molar-refractivity contribution in [3.8, 4) is 0 Å². The molecule has 0 aliphatic heterocycles. The van der Waals surface area contributed by atoms with Gasteiger partial charge in [0.05, 0.1) is 25.2 Å². The molecule has 0 atom stereocenters. The van der Waals surface area contributed by atoms with Crippen LogP contribution in [0.5, 0.6) is 0 Å². The van der Waals surface area contributed by atoms with Gasteiger partial charge in [0.2, 0.25) is 0 Å². The van der Waals surface area contributed by atoms with Gasteiger partial charge in [-0.15, -0.1) is 0 Å². The average Bonchev–Trinajstić information content (AvgIpc) is 3.18. The third-order valence-corrected chi connectivity index (χ3v) is 3.13. The summed E-state index contributed by atoms with van der Waals surface area (Å²) >= 11 is 0. The number of nitrogens with zero attached hydrogens (tertiary/aromatic N) is 6. The Balaban J connectivity index is 1.74. The van der Waals surface area contributed by atoms with Crippen LogP contribution in [0.2, 0.25) is 0 Å². The van der Waals surface area contributed by atoms with Crippen molar-refractivity contribution in [2.75, 3.05) is 19.0 Å². The Labute approximate surface area is 125 Å². The molecule has 0 aliphatic carbocycles. The van der Waals surface area contributed by atoms with Gasteiger partial charge in [-0.25, -0.2) is 14.6 Å². The molecule has 0 aliphatic rings. The number of rotatable bonds is 6. The van der Waals surface area contributed by atoms with Crippen LogP contribution in [0, 0.1) is 0 Å². The van der Waals surface area contributed by atoms with Crippen molar-refractivity contribution < 1.29 is 9.53 Å². The summed E-state index contributed by atoms with van der Waals surface area (Å²) in [5.41, 5.74) is 0.585. The van der Waals surface area contributed by atoms with E-state index >= 15 is 0 Å². The molecule has 0 saturated carbocycles. The smallest absolute Gasteiger partial charge is 0.327 e. The average molecular weight is 301 g/mol. The molecule has 0 spiro atoms. The lowest BCUT2D eigenvalue weighted by Gasteiger charge is -2.06. The Kier molecular flexibility index (Phi) is 3.95. The number of nitrogens with one attached hydrogen (secondary N) is 1. The quantitative estimate of drug-likeness (QED) is 0.654. The van der Waals surface area contributed by atoms with E-state index < -0.39 is 0 Å². The fraction of sp³-hybridized carbons (Fsp3) is 0.308. The Hall–Kier alpha value is -2.97. The van der Waals surface area contributed by atoms with Crippen molar-refractivity contribution in [2.24, 2.45) is 0 Å². The second kappa shape index (κ2) is 6.20. The van der Waals surface area contributed by atoms with Gasteiger partial charge in [-0.1, -0.05) is 0 Å².